The lowest BCUT2D eigenvalue weighted by Gasteiger charge is -2.09. The number of phenols is 1. The first-order valence-electron chi connectivity index (χ1n) is 7.60. The summed E-state index contributed by atoms with van der Waals surface area (Å²) >= 11 is 0. The zero-order valence-corrected chi connectivity index (χ0v) is 14.6. The maximum Gasteiger partial charge on any atom is 0.271 e. The highest BCUT2D eigenvalue weighted by Crippen LogP contribution is 2.36. The maximum absolute atomic E-state index is 12.1. The van der Waals surface area contributed by atoms with Gasteiger partial charge >= 0.3 is 0 Å². The van der Waals surface area contributed by atoms with Crippen molar-refractivity contribution in [3.63, 3.8) is 0 Å². The number of methoxy groups -OCH3 is 2. The summed E-state index contributed by atoms with van der Waals surface area (Å²) in [5.41, 5.74) is 3.81. The average molecular weight is 357 g/mol. The summed E-state index contributed by atoms with van der Waals surface area (Å²) in [6, 6.07) is 9.56. The van der Waals surface area contributed by atoms with E-state index in [1.165, 1.54) is 27.4 Å². The molecule has 2 aromatic rings. The standard InChI is InChI=1S/C18H19N3O5/c1-11(22)20-14-6-4-5-13(9-14)18(24)21-19-10-12-7-15(25-2)17(23)16(8-12)26-3/h4-10,23H,1-3H3,(H,20,22)(H,21,24)/b19-10+. The molecule has 2 amide bonds. The zero-order chi connectivity index (χ0) is 19.1. The number of rotatable bonds is 6. The molecule has 0 saturated carbocycles. The zero-order valence-electron chi connectivity index (χ0n) is 14.6. The summed E-state index contributed by atoms with van der Waals surface area (Å²) in [7, 11) is 2.83. The molecule has 0 aliphatic rings. The van der Waals surface area contributed by atoms with Gasteiger partial charge in [-0.15, -0.1) is 0 Å². The molecule has 0 aromatic heterocycles. The van der Waals surface area contributed by atoms with Crippen molar-refractivity contribution in [2.24, 2.45) is 5.10 Å². The maximum atomic E-state index is 12.1. The number of hydrogen-bond donors (Lipinski definition) is 3. The van der Waals surface area contributed by atoms with E-state index in [1.54, 1.807) is 36.4 Å². The molecular formula is C18H19N3O5. The Morgan fingerprint density at radius 2 is 1.77 bits per heavy atom. The molecule has 26 heavy (non-hydrogen) atoms. The minimum atomic E-state index is -0.439. The summed E-state index contributed by atoms with van der Waals surface area (Å²) in [5, 5.41) is 16.4. The Morgan fingerprint density at radius 1 is 1.12 bits per heavy atom. The third kappa shape index (κ3) is 4.73. The van der Waals surface area contributed by atoms with Crippen LogP contribution in [0.25, 0.3) is 0 Å². The number of hydrazone groups is 1. The number of hydrogen-bond acceptors (Lipinski definition) is 6. The van der Waals surface area contributed by atoms with Gasteiger partial charge in [0.05, 0.1) is 20.4 Å². The number of benzene rings is 2. The van der Waals surface area contributed by atoms with Crippen molar-refractivity contribution < 1.29 is 24.2 Å². The van der Waals surface area contributed by atoms with E-state index in [2.05, 4.69) is 15.8 Å². The summed E-state index contributed by atoms with van der Waals surface area (Å²) in [5.74, 6) is -0.340. The van der Waals surface area contributed by atoms with Crippen LogP contribution >= 0.6 is 0 Å². The van der Waals surface area contributed by atoms with Gasteiger partial charge in [-0.3, -0.25) is 9.59 Å². The van der Waals surface area contributed by atoms with E-state index in [4.69, 9.17) is 9.47 Å². The van der Waals surface area contributed by atoms with E-state index < -0.39 is 5.91 Å². The second-order valence-electron chi connectivity index (χ2n) is 5.24. The number of carbonyl (C=O) groups is 2. The van der Waals surface area contributed by atoms with Crippen molar-refractivity contribution in [1.82, 2.24) is 5.43 Å². The minimum Gasteiger partial charge on any atom is -0.502 e. The SMILES string of the molecule is COc1cc(/C=N/NC(=O)c2cccc(NC(C)=O)c2)cc(OC)c1O. The van der Waals surface area contributed by atoms with Crippen molar-refractivity contribution in [3.8, 4) is 17.2 Å². The van der Waals surface area contributed by atoms with Crippen molar-refractivity contribution in [3.05, 3.63) is 47.5 Å². The van der Waals surface area contributed by atoms with Crippen LogP contribution in [0.1, 0.15) is 22.8 Å². The normalized spacial score (nSPS) is 10.4. The van der Waals surface area contributed by atoms with E-state index in [-0.39, 0.29) is 23.2 Å². The predicted molar refractivity (Wildman–Crippen MR) is 97.0 cm³/mol. The molecule has 2 aromatic carbocycles. The smallest absolute Gasteiger partial charge is 0.271 e. The van der Waals surface area contributed by atoms with Crippen molar-refractivity contribution in [1.29, 1.82) is 0 Å². The molecule has 0 aliphatic carbocycles. The number of aromatic hydroxyl groups is 1. The van der Waals surface area contributed by atoms with E-state index >= 15 is 0 Å². The monoisotopic (exact) mass is 357 g/mol. The highest BCUT2D eigenvalue weighted by atomic mass is 16.5. The third-order valence-electron chi connectivity index (χ3n) is 3.33. The van der Waals surface area contributed by atoms with Crippen LogP contribution < -0.4 is 20.2 Å². The first-order valence-corrected chi connectivity index (χ1v) is 7.60. The molecule has 3 N–H and O–H groups in total. The second-order valence-corrected chi connectivity index (χ2v) is 5.24. The van der Waals surface area contributed by atoms with Gasteiger partial charge in [0.15, 0.2) is 11.5 Å². The highest BCUT2D eigenvalue weighted by Gasteiger charge is 2.10. The lowest BCUT2D eigenvalue weighted by atomic mass is 10.2. The molecule has 0 bridgehead atoms. The van der Waals surface area contributed by atoms with Crippen LogP contribution in [0.3, 0.4) is 0 Å². The Hall–Kier alpha value is -3.55. The first-order chi connectivity index (χ1) is 12.4. The Bertz CT molecular complexity index is 823. The van der Waals surface area contributed by atoms with E-state index in [0.29, 0.717) is 16.8 Å². The Balaban J connectivity index is 2.11. The Labute approximate surface area is 150 Å². The molecular weight excluding hydrogens is 338 g/mol. The molecule has 0 saturated heterocycles. The Morgan fingerprint density at radius 3 is 2.35 bits per heavy atom. The number of nitrogens with one attached hydrogen (secondary N) is 2. The fourth-order valence-electron chi connectivity index (χ4n) is 2.16. The van der Waals surface area contributed by atoms with Gasteiger partial charge in [0.1, 0.15) is 0 Å². The highest BCUT2D eigenvalue weighted by molar-refractivity contribution is 5.97. The fourth-order valence-corrected chi connectivity index (χ4v) is 2.16. The molecule has 0 fully saturated rings. The second kappa shape index (κ2) is 8.52. The predicted octanol–water partition coefficient (Wildman–Crippen LogP) is 2.13. The molecule has 0 unspecified atom stereocenters. The van der Waals surface area contributed by atoms with Crippen LogP contribution in [0, 0.1) is 0 Å². The molecule has 0 aliphatic heterocycles. The number of ether oxygens (including phenoxy) is 2. The van der Waals surface area contributed by atoms with Crippen molar-refractivity contribution in [2.75, 3.05) is 19.5 Å². The van der Waals surface area contributed by atoms with E-state index in [9.17, 15) is 14.7 Å². The number of amides is 2. The van der Waals surface area contributed by atoms with Gasteiger partial charge in [-0.05, 0) is 30.3 Å². The minimum absolute atomic E-state index is 0.119. The Kier molecular flexibility index (Phi) is 6.15. The van der Waals surface area contributed by atoms with Crippen molar-refractivity contribution >= 4 is 23.7 Å². The molecule has 0 heterocycles. The number of nitrogens with zero attached hydrogens (tertiary/aromatic N) is 1. The first kappa shape index (κ1) is 18.8. The van der Waals surface area contributed by atoms with E-state index in [1.807, 2.05) is 0 Å². The van der Waals surface area contributed by atoms with Crippen LogP contribution in [0.5, 0.6) is 17.2 Å². The largest absolute Gasteiger partial charge is 0.502 e. The average Bonchev–Trinajstić information content (AvgIpc) is 2.62. The van der Waals surface area contributed by atoms with Crippen LogP contribution in [0.2, 0.25) is 0 Å². The fraction of sp³-hybridized carbons (Fsp3) is 0.167. The summed E-state index contributed by atoms with van der Waals surface area (Å²) in [6.45, 7) is 1.39. The molecule has 8 nitrogen and oxygen atoms in total. The topological polar surface area (TPSA) is 109 Å². The van der Waals surface area contributed by atoms with Gasteiger partial charge in [-0.1, -0.05) is 6.07 Å². The summed E-state index contributed by atoms with van der Waals surface area (Å²) in [4.78, 5) is 23.2. The van der Waals surface area contributed by atoms with Gasteiger partial charge in [0, 0.05) is 23.7 Å². The summed E-state index contributed by atoms with van der Waals surface area (Å²) in [6.07, 6.45) is 1.39. The van der Waals surface area contributed by atoms with Crippen LogP contribution in [-0.2, 0) is 4.79 Å². The van der Waals surface area contributed by atoms with Gasteiger partial charge in [0.25, 0.3) is 5.91 Å². The summed E-state index contributed by atoms with van der Waals surface area (Å²) < 4.78 is 10.1. The van der Waals surface area contributed by atoms with Gasteiger partial charge in [0.2, 0.25) is 11.7 Å². The van der Waals surface area contributed by atoms with Crippen LogP contribution in [-0.4, -0.2) is 37.4 Å². The van der Waals surface area contributed by atoms with Crippen LogP contribution in [0.15, 0.2) is 41.5 Å². The van der Waals surface area contributed by atoms with Gasteiger partial charge in [-0.25, -0.2) is 5.43 Å². The molecule has 8 heteroatoms. The third-order valence-corrected chi connectivity index (χ3v) is 3.33. The van der Waals surface area contributed by atoms with Gasteiger partial charge < -0.3 is 19.9 Å². The number of phenolic OH excluding ortho intramolecular Hbond substituents is 1. The number of carbonyl (C=O) groups excluding carboxylic acids is 2. The molecule has 0 spiro atoms. The number of anilines is 1. The molecule has 136 valence electrons. The lowest BCUT2D eigenvalue weighted by Crippen LogP contribution is -2.18. The molecule has 0 atom stereocenters. The lowest BCUT2D eigenvalue weighted by molar-refractivity contribution is -0.114. The van der Waals surface area contributed by atoms with E-state index in [0.717, 1.165) is 0 Å². The van der Waals surface area contributed by atoms with Crippen LogP contribution in [0.4, 0.5) is 5.69 Å². The van der Waals surface area contributed by atoms with Crippen molar-refractivity contribution in [2.45, 2.75) is 6.92 Å². The quantitative estimate of drug-likeness (QED) is 0.542. The van der Waals surface area contributed by atoms with Gasteiger partial charge in [-0.2, -0.15) is 5.10 Å². The molecule has 2 rings (SSSR count). The molecule has 0 radical (unpaired) electrons.